The normalized spacial score (nSPS) is 11.0. The van der Waals surface area contributed by atoms with Crippen LogP contribution in [0.1, 0.15) is 64.7 Å². The largest absolute Gasteiger partial charge is 1.00 e. The summed E-state index contributed by atoms with van der Waals surface area (Å²) >= 11 is 0. The first-order chi connectivity index (χ1) is 7.92. The first kappa shape index (κ1) is 20.9. The Balaban J connectivity index is 0. The summed E-state index contributed by atoms with van der Waals surface area (Å²) in [6, 6.07) is 0. The van der Waals surface area contributed by atoms with Crippen LogP contribution in [-0.2, 0) is 14.9 Å². The van der Waals surface area contributed by atoms with Crippen LogP contribution in [0.3, 0.4) is 0 Å². The van der Waals surface area contributed by atoms with Crippen LogP contribution in [0.5, 0.6) is 0 Å². The quantitative estimate of drug-likeness (QED) is 0.295. The molecule has 0 unspecified atom stereocenters. The third-order valence-electron chi connectivity index (χ3n) is 2.67. The molecule has 18 heavy (non-hydrogen) atoms. The third-order valence-corrected chi connectivity index (χ3v) is 3.46. The van der Waals surface area contributed by atoms with Crippen LogP contribution in [0.4, 0.5) is 0 Å². The van der Waals surface area contributed by atoms with Crippen molar-refractivity contribution in [1.82, 2.24) is 0 Å². The fraction of sp³-hybridized carbons (Fsp3) is 0.917. The second-order valence-electron chi connectivity index (χ2n) is 4.54. The number of rotatable bonds is 11. The van der Waals surface area contributed by atoms with E-state index < -0.39 is 10.1 Å². The summed E-state index contributed by atoms with van der Waals surface area (Å²) < 4.78 is 30.9. The molecule has 0 aromatic carbocycles. The summed E-state index contributed by atoms with van der Waals surface area (Å²) in [7, 11) is -4.02. The zero-order chi connectivity index (χ0) is 13.1. The van der Waals surface area contributed by atoms with E-state index in [2.05, 4.69) is 0 Å². The molecule has 6 heteroatoms. The zero-order valence-corrected chi connectivity index (χ0v) is 14.4. The molecule has 0 saturated carbocycles. The van der Waals surface area contributed by atoms with Crippen LogP contribution in [0, 0.1) is 0 Å². The van der Waals surface area contributed by atoms with Gasteiger partial charge in [-0.2, -0.15) is 0 Å². The number of carbonyl (C=O) groups is 1. The van der Waals surface area contributed by atoms with Gasteiger partial charge in [0, 0.05) is 12.2 Å². The van der Waals surface area contributed by atoms with Gasteiger partial charge in [-0.3, -0.25) is 0 Å². The van der Waals surface area contributed by atoms with Crippen LogP contribution in [0.2, 0.25) is 0 Å². The topological polar surface area (TPSA) is 74.3 Å². The maximum atomic E-state index is 10.7. The number of ketones is 1. The van der Waals surface area contributed by atoms with Crippen LogP contribution < -0.4 is 29.6 Å². The molecule has 102 valence electrons. The monoisotopic (exact) mass is 286 g/mol. The van der Waals surface area contributed by atoms with Gasteiger partial charge in [-0.15, -0.1) is 0 Å². The minimum Gasteiger partial charge on any atom is -0.748 e. The van der Waals surface area contributed by atoms with Crippen molar-refractivity contribution in [1.29, 1.82) is 0 Å². The number of hydrogen-bond acceptors (Lipinski definition) is 4. The molecule has 0 radical (unpaired) electrons. The van der Waals surface area contributed by atoms with Crippen molar-refractivity contribution in [3.63, 3.8) is 0 Å². The van der Waals surface area contributed by atoms with Crippen LogP contribution in [0.25, 0.3) is 0 Å². The smallest absolute Gasteiger partial charge is 0.748 e. The van der Waals surface area contributed by atoms with Gasteiger partial charge >= 0.3 is 29.6 Å². The number of carbonyl (C=O) groups excluding carboxylic acids is 1. The first-order valence-electron chi connectivity index (χ1n) is 6.35. The van der Waals surface area contributed by atoms with Gasteiger partial charge < -0.3 is 9.35 Å². The number of Topliss-reactive ketones (excluding diaryl/α,β-unsaturated/α-hetero) is 1. The van der Waals surface area contributed by atoms with E-state index in [1.165, 1.54) is 0 Å². The molecule has 4 nitrogen and oxygen atoms in total. The van der Waals surface area contributed by atoms with Crippen molar-refractivity contribution in [3.05, 3.63) is 0 Å². The average molecular weight is 286 g/mol. The molecule has 0 atom stereocenters. The van der Waals surface area contributed by atoms with Crippen LogP contribution >= 0.6 is 0 Å². The molecule has 0 saturated heterocycles. The van der Waals surface area contributed by atoms with Gasteiger partial charge in [0.15, 0.2) is 0 Å². The Morgan fingerprint density at radius 1 is 0.889 bits per heavy atom. The van der Waals surface area contributed by atoms with Gasteiger partial charge in [-0.05, 0) is 19.8 Å². The Hall–Kier alpha value is 0.580. The number of hydrogen-bond donors (Lipinski definition) is 0. The maximum Gasteiger partial charge on any atom is 1.00 e. The summed E-state index contributed by atoms with van der Waals surface area (Å²) in [5.41, 5.74) is 0. The van der Waals surface area contributed by atoms with E-state index in [1.807, 2.05) is 0 Å². The van der Waals surface area contributed by atoms with Gasteiger partial charge in [0.05, 0.1) is 10.1 Å². The van der Waals surface area contributed by atoms with E-state index >= 15 is 0 Å². The minimum absolute atomic E-state index is 0. The molecule has 0 spiro atoms. The molecule has 0 heterocycles. The van der Waals surface area contributed by atoms with Crippen molar-refractivity contribution in [3.8, 4) is 0 Å². The van der Waals surface area contributed by atoms with Gasteiger partial charge in [0.25, 0.3) is 0 Å². The van der Waals surface area contributed by atoms with E-state index in [0.717, 1.165) is 44.9 Å². The second kappa shape index (κ2) is 12.6. The summed E-state index contributed by atoms with van der Waals surface area (Å²) in [6.45, 7) is 1.62. The predicted octanol–water partition coefficient (Wildman–Crippen LogP) is -0.364. The molecule has 0 aliphatic carbocycles. The van der Waals surface area contributed by atoms with Crippen LogP contribution in [-0.4, -0.2) is 24.5 Å². The summed E-state index contributed by atoms with van der Waals surface area (Å²) in [5, 5.41) is 0. The Labute approximate surface area is 133 Å². The Morgan fingerprint density at radius 3 is 1.67 bits per heavy atom. The van der Waals surface area contributed by atoms with Crippen molar-refractivity contribution in [2.24, 2.45) is 0 Å². The molecule has 0 amide bonds. The second-order valence-corrected chi connectivity index (χ2v) is 6.07. The van der Waals surface area contributed by atoms with Gasteiger partial charge in [0.2, 0.25) is 0 Å². The van der Waals surface area contributed by atoms with Crippen LogP contribution in [0.15, 0.2) is 0 Å². The Bertz CT molecular complexity index is 301. The molecule has 0 fully saturated rings. The van der Waals surface area contributed by atoms with Gasteiger partial charge in [-0.25, -0.2) is 8.42 Å². The maximum absolute atomic E-state index is 10.7. The fourth-order valence-electron chi connectivity index (χ4n) is 1.71. The van der Waals surface area contributed by atoms with Crippen molar-refractivity contribution in [2.75, 3.05) is 5.75 Å². The van der Waals surface area contributed by atoms with Crippen molar-refractivity contribution < 1.29 is 47.3 Å². The molecular weight excluding hydrogens is 263 g/mol. The zero-order valence-electron chi connectivity index (χ0n) is 11.6. The van der Waals surface area contributed by atoms with E-state index in [-0.39, 0.29) is 41.1 Å². The van der Waals surface area contributed by atoms with Gasteiger partial charge in [-0.1, -0.05) is 38.5 Å². The average Bonchev–Trinajstić information content (AvgIpc) is 2.18. The Morgan fingerprint density at radius 2 is 1.28 bits per heavy atom. The molecule has 0 bridgehead atoms. The summed E-state index contributed by atoms with van der Waals surface area (Å²) in [5.74, 6) is 0.0230. The molecule has 0 N–H and O–H groups in total. The van der Waals surface area contributed by atoms with Crippen molar-refractivity contribution >= 4 is 15.9 Å². The van der Waals surface area contributed by atoms with E-state index in [4.69, 9.17) is 0 Å². The molecule has 0 rings (SSSR count). The number of unbranched alkanes of at least 4 members (excludes halogenated alkanes) is 7. The third kappa shape index (κ3) is 18.9. The summed E-state index contributed by atoms with van der Waals surface area (Å²) in [6.07, 6.45) is 8.38. The van der Waals surface area contributed by atoms with E-state index in [9.17, 15) is 17.8 Å². The predicted molar refractivity (Wildman–Crippen MR) is 66.8 cm³/mol. The molecular formula is C12H23NaO4S. The van der Waals surface area contributed by atoms with Crippen molar-refractivity contribution in [2.45, 2.75) is 64.7 Å². The molecule has 0 aliphatic rings. The molecule has 0 aliphatic heterocycles. The van der Waals surface area contributed by atoms with E-state index in [1.54, 1.807) is 6.92 Å². The van der Waals surface area contributed by atoms with E-state index in [0.29, 0.717) is 12.8 Å². The SMILES string of the molecule is CC(=O)CCCCCCCCCCS(=O)(=O)[O-].[Na+]. The molecule has 0 aromatic rings. The Kier molecular flexibility index (Phi) is 14.6. The summed E-state index contributed by atoms with van der Waals surface area (Å²) in [4.78, 5) is 10.7. The fourth-order valence-corrected chi connectivity index (χ4v) is 2.27. The first-order valence-corrected chi connectivity index (χ1v) is 7.92. The standard InChI is InChI=1S/C12H24O4S.Na/c1-12(13)10-8-6-4-2-3-5-7-9-11-17(14,15)16;/h2-11H2,1H3,(H,14,15,16);/q;+1/p-1. The molecule has 0 aromatic heterocycles. The minimum atomic E-state index is -4.02. The van der Waals surface area contributed by atoms with Gasteiger partial charge in [0.1, 0.15) is 5.78 Å².